The first-order valence-corrected chi connectivity index (χ1v) is 12.2. The Morgan fingerprint density at radius 2 is 1.67 bits per heavy atom. The van der Waals surface area contributed by atoms with E-state index in [1.54, 1.807) is 0 Å². The summed E-state index contributed by atoms with van der Waals surface area (Å²) < 4.78 is 0. The largest absolute Gasteiger partial charge is 0.364 e. The molecule has 4 rings (SSSR count). The smallest absolute Gasteiger partial charge is 0.233 e. The number of carbonyl (C=O) groups is 1. The fraction of sp³-hybridized carbons (Fsp3) is 0.542. The molecule has 2 aliphatic rings. The van der Waals surface area contributed by atoms with Gasteiger partial charge in [0, 0.05) is 36.7 Å². The third kappa shape index (κ3) is 5.20. The minimum atomic E-state index is -0.506. The highest BCUT2D eigenvalue weighted by Crippen LogP contribution is 2.37. The van der Waals surface area contributed by atoms with Gasteiger partial charge in [-0.05, 0) is 64.4 Å². The Hall–Kier alpha value is -2.09. The zero-order chi connectivity index (χ0) is 23.6. The maximum atomic E-state index is 13.9. The molecule has 1 aromatic heterocycles. The van der Waals surface area contributed by atoms with E-state index in [0.717, 1.165) is 31.5 Å². The number of nitrogens with zero attached hydrogens (tertiary/aromatic N) is 4. The Labute approximate surface area is 205 Å². The van der Waals surface area contributed by atoms with Crippen molar-refractivity contribution >= 4 is 40.7 Å². The average molecular weight is 491 g/mol. The lowest BCUT2D eigenvalue weighted by atomic mass is 9.72. The molecule has 7 nitrogen and oxygen atoms in total. The summed E-state index contributed by atoms with van der Waals surface area (Å²) in [5.41, 5.74) is 0.386. The lowest BCUT2D eigenvalue weighted by Gasteiger charge is -2.43. The van der Waals surface area contributed by atoms with Crippen molar-refractivity contribution < 1.29 is 4.79 Å². The minimum absolute atomic E-state index is 0.161. The van der Waals surface area contributed by atoms with E-state index in [2.05, 4.69) is 46.3 Å². The number of aromatic nitrogens is 2. The zero-order valence-electron chi connectivity index (χ0n) is 19.5. The van der Waals surface area contributed by atoms with Gasteiger partial charge in [-0.1, -0.05) is 35.3 Å². The number of nitrogens with one attached hydrogen (secondary N) is 2. The van der Waals surface area contributed by atoms with Crippen LogP contribution in [0.2, 0.25) is 10.0 Å². The minimum Gasteiger partial charge on any atom is -0.364 e. The molecule has 1 aromatic carbocycles. The molecule has 0 unspecified atom stereocenters. The van der Waals surface area contributed by atoms with Gasteiger partial charge in [-0.25, -0.2) is 9.97 Å². The maximum absolute atomic E-state index is 13.9. The summed E-state index contributed by atoms with van der Waals surface area (Å²) >= 11 is 12.8. The lowest BCUT2D eigenvalue weighted by Crippen LogP contribution is -2.57. The summed E-state index contributed by atoms with van der Waals surface area (Å²) in [4.78, 5) is 26.8. The van der Waals surface area contributed by atoms with Gasteiger partial charge in [0.2, 0.25) is 5.91 Å². The van der Waals surface area contributed by atoms with E-state index < -0.39 is 5.41 Å². The summed E-state index contributed by atoms with van der Waals surface area (Å²) in [5, 5.41) is 7.93. The molecule has 9 heteroatoms. The molecule has 2 fully saturated rings. The van der Waals surface area contributed by atoms with E-state index in [1.165, 1.54) is 6.33 Å². The van der Waals surface area contributed by atoms with E-state index >= 15 is 0 Å². The third-order valence-electron chi connectivity index (χ3n) is 6.39. The van der Waals surface area contributed by atoms with Crippen LogP contribution in [-0.4, -0.2) is 65.6 Å². The molecule has 0 aliphatic carbocycles. The molecule has 3 heterocycles. The van der Waals surface area contributed by atoms with Gasteiger partial charge in [0.05, 0.1) is 5.41 Å². The summed E-state index contributed by atoms with van der Waals surface area (Å²) in [7, 11) is 0. The highest BCUT2D eigenvalue weighted by molar-refractivity contribution is 6.35. The van der Waals surface area contributed by atoms with Crippen molar-refractivity contribution in [3.63, 3.8) is 0 Å². The van der Waals surface area contributed by atoms with Crippen molar-refractivity contribution in [3.8, 4) is 0 Å². The predicted octanol–water partition coefficient (Wildman–Crippen LogP) is 3.96. The van der Waals surface area contributed by atoms with Gasteiger partial charge in [-0.3, -0.25) is 4.79 Å². The molecule has 0 saturated carbocycles. The van der Waals surface area contributed by atoms with Gasteiger partial charge in [-0.15, -0.1) is 0 Å². The third-order valence-corrected chi connectivity index (χ3v) is 6.99. The van der Waals surface area contributed by atoms with Gasteiger partial charge in [0.1, 0.15) is 11.3 Å². The van der Waals surface area contributed by atoms with Gasteiger partial charge >= 0.3 is 0 Å². The number of hydrogen-bond acceptors (Lipinski definition) is 6. The van der Waals surface area contributed by atoms with Crippen LogP contribution in [0.15, 0.2) is 30.6 Å². The van der Waals surface area contributed by atoms with Gasteiger partial charge in [-0.2, -0.15) is 0 Å². The quantitative estimate of drug-likeness (QED) is 0.675. The second-order valence-electron chi connectivity index (χ2n) is 9.85. The highest BCUT2D eigenvalue weighted by Gasteiger charge is 2.44. The van der Waals surface area contributed by atoms with Crippen LogP contribution in [-0.2, 0) is 10.2 Å². The number of carbonyl (C=O) groups excluding carboxylic acids is 1. The topological polar surface area (TPSA) is 73.4 Å². The summed E-state index contributed by atoms with van der Waals surface area (Å²) in [5.74, 6) is 1.54. The molecule has 0 atom stereocenters. The van der Waals surface area contributed by atoms with Crippen molar-refractivity contribution in [1.29, 1.82) is 0 Å². The first-order chi connectivity index (χ1) is 15.7. The predicted molar refractivity (Wildman–Crippen MR) is 134 cm³/mol. The number of anilines is 2. The number of benzene rings is 1. The van der Waals surface area contributed by atoms with Crippen LogP contribution in [0, 0.1) is 0 Å². The first kappa shape index (κ1) is 24.0. The van der Waals surface area contributed by atoms with Crippen LogP contribution in [0.3, 0.4) is 0 Å². The fourth-order valence-corrected chi connectivity index (χ4v) is 5.09. The summed E-state index contributed by atoms with van der Waals surface area (Å²) in [6.45, 7) is 10.4. The van der Waals surface area contributed by atoms with Gasteiger partial charge in [0.25, 0.3) is 0 Å². The van der Waals surface area contributed by atoms with Crippen LogP contribution in [0.5, 0.6) is 0 Å². The van der Waals surface area contributed by atoms with Crippen LogP contribution >= 0.6 is 23.2 Å². The van der Waals surface area contributed by atoms with E-state index in [0.29, 0.717) is 47.9 Å². The number of amides is 1. The van der Waals surface area contributed by atoms with Crippen molar-refractivity contribution in [2.24, 2.45) is 0 Å². The molecular formula is C24H32Cl2N6O. The fourth-order valence-electron chi connectivity index (χ4n) is 4.70. The molecule has 0 bridgehead atoms. The van der Waals surface area contributed by atoms with Crippen molar-refractivity contribution in [3.05, 3.63) is 46.2 Å². The van der Waals surface area contributed by atoms with E-state index in [-0.39, 0.29) is 11.4 Å². The molecule has 2 aliphatic heterocycles. The Morgan fingerprint density at radius 3 is 2.27 bits per heavy atom. The molecule has 0 radical (unpaired) electrons. The summed E-state index contributed by atoms with van der Waals surface area (Å²) in [6, 6.07) is 7.77. The monoisotopic (exact) mass is 490 g/mol. The Bertz CT molecular complexity index is 977. The van der Waals surface area contributed by atoms with Crippen molar-refractivity contribution in [2.45, 2.75) is 44.6 Å². The number of piperidine rings is 1. The lowest BCUT2D eigenvalue weighted by molar-refractivity contribution is -0.139. The van der Waals surface area contributed by atoms with Crippen LogP contribution in [0.1, 0.15) is 39.2 Å². The molecule has 0 spiro atoms. The number of hydrogen-bond donors (Lipinski definition) is 2. The molecular weight excluding hydrogens is 459 g/mol. The molecule has 178 valence electrons. The van der Waals surface area contributed by atoms with Crippen molar-refractivity contribution in [2.75, 3.05) is 49.5 Å². The average Bonchev–Trinajstić information content (AvgIpc) is 2.80. The SMILES string of the molecule is CC(C)(C)Nc1ncnc(N2CCN(C(=O)C3(c4ccc(Cl)cc4)CCNCC3)CC2)c1Cl. The summed E-state index contributed by atoms with van der Waals surface area (Å²) in [6.07, 6.45) is 3.11. The molecule has 2 aromatic rings. The Morgan fingerprint density at radius 1 is 1.03 bits per heavy atom. The zero-order valence-corrected chi connectivity index (χ0v) is 21.0. The van der Waals surface area contributed by atoms with Gasteiger partial charge in [0.15, 0.2) is 11.6 Å². The molecule has 33 heavy (non-hydrogen) atoms. The number of halogens is 2. The molecule has 2 N–H and O–H groups in total. The van der Waals surface area contributed by atoms with E-state index in [4.69, 9.17) is 23.2 Å². The van der Waals surface area contributed by atoms with E-state index in [1.807, 2.05) is 29.2 Å². The van der Waals surface area contributed by atoms with Crippen LogP contribution in [0.4, 0.5) is 11.6 Å². The number of rotatable bonds is 4. The number of piperazine rings is 1. The normalized spacial score (nSPS) is 18.8. The highest BCUT2D eigenvalue weighted by atomic mass is 35.5. The second kappa shape index (κ2) is 9.65. The van der Waals surface area contributed by atoms with E-state index in [9.17, 15) is 4.79 Å². The first-order valence-electron chi connectivity index (χ1n) is 11.5. The maximum Gasteiger partial charge on any atom is 0.233 e. The Balaban J connectivity index is 1.50. The van der Waals surface area contributed by atoms with Crippen molar-refractivity contribution in [1.82, 2.24) is 20.2 Å². The Kier molecular flexibility index (Phi) is 7.03. The molecule has 2 saturated heterocycles. The standard InChI is InChI=1S/C24H32Cl2N6O/c1-23(2,3)30-20-19(26)21(29-16-28-20)31-12-14-32(15-13-31)22(33)24(8-10-27-11-9-24)17-4-6-18(25)7-5-17/h4-7,16,27H,8-15H2,1-3H3,(H,28,29,30). The van der Waals surface area contributed by atoms with Crippen LogP contribution in [0.25, 0.3) is 0 Å². The second-order valence-corrected chi connectivity index (χ2v) is 10.7. The van der Waals surface area contributed by atoms with Gasteiger partial charge < -0.3 is 20.4 Å². The van der Waals surface area contributed by atoms with Crippen LogP contribution < -0.4 is 15.5 Å². The molecule has 1 amide bonds.